The van der Waals surface area contributed by atoms with Gasteiger partial charge in [0.15, 0.2) is 0 Å². The minimum Gasteiger partial charge on any atom is -0.326 e. The smallest absolute Gasteiger partial charge is 0.291 e. The number of quaternary nitrogens is 1. The first-order valence-electron chi connectivity index (χ1n) is 9.70. The van der Waals surface area contributed by atoms with Crippen LogP contribution in [0.5, 0.6) is 0 Å². The summed E-state index contributed by atoms with van der Waals surface area (Å²) in [4.78, 5) is 41.5. The lowest BCUT2D eigenvalue weighted by Crippen LogP contribution is -2.99. The number of halogens is 1. The van der Waals surface area contributed by atoms with Crippen LogP contribution >= 0.6 is 23.4 Å². The number of likely N-dealkylation sites (tertiary alicyclic amines) is 1. The van der Waals surface area contributed by atoms with Crippen LogP contribution in [-0.4, -0.2) is 46.7 Å². The lowest BCUT2D eigenvalue weighted by molar-refractivity contribution is -0.733. The van der Waals surface area contributed by atoms with Crippen LogP contribution in [-0.2, 0) is 19.9 Å². The zero-order valence-corrected chi connectivity index (χ0v) is 17.8. The molecule has 1 spiro atoms. The average Bonchev–Trinajstić information content (AvgIpc) is 3.25. The molecule has 0 unspecified atom stereocenters. The van der Waals surface area contributed by atoms with Gasteiger partial charge in [0, 0.05) is 23.0 Å². The summed E-state index contributed by atoms with van der Waals surface area (Å²) in [5, 5.41) is 5.41. The number of amides is 3. The van der Waals surface area contributed by atoms with Crippen molar-refractivity contribution in [3.8, 4) is 0 Å². The standard InChI is InChI=1S/C20H24ClN3O3S/c1-4-10(2)24-17(25)15-14(7-8-28-3)23-20(16(15)18(24)26)12-9-11(21)5-6-13(12)22-19(20)27/h5-6,9-10,14-16,23H,4,7-8H2,1-3H3,(H,22,27)/p+1/t10-,14+,15+,16-,20+/m0/s1. The molecule has 3 amide bonds. The van der Waals surface area contributed by atoms with Gasteiger partial charge in [0.1, 0.15) is 17.9 Å². The number of nitrogens with zero attached hydrogens (tertiary/aromatic N) is 1. The van der Waals surface area contributed by atoms with Crippen molar-refractivity contribution in [1.29, 1.82) is 0 Å². The molecule has 1 aromatic carbocycles. The molecule has 0 bridgehead atoms. The van der Waals surface area contributed by atoms with Gasteiger partial charge in [-0.15, -0.1) is 0 Å². The Kier molecular flexibility index (Phi) is 4.96. The van der Waals surface area contributed by atoms with E-state index in [4.69, 9.17) is 11.6 Å². The van der Waals surface area contributed by atoms with Crippen LogP contribution in [0.25, 0.3) is 0 Å². The third-order valence-corrected chi connectivity index (χ3v) is 7.43. The van der Waals surface area contributed by atoms with Gasteiger partial charge in [-0.1, -0.05) is 18.5 Å². The lowest BCUT2D eigenvalue weighted by Gasteiger charge is -2.28. The van der Waals surface area contributed by atoms with E-state index in [1.807, 2.05) is 25.4 Å². The second-order valence-corrected chi connectivity index (χ2v) is 9.35. The van der Waals surface area contributed by atoms with Gasteiger partial charge >= 0.3 is 0 Å². The highest BCUT2D eigenvalue weighted by Gasteiger charge is 2.74. The molecule has 3 aliphatic heterocycles. The number of hydrogen-bond acceptors (Lipinski definition) is 4. The van der Waals surface area contributed by atoms with Crippen molar-refractivity contribution in [1.82, 2.24) is 4.90 Å². The Hall–Kier alpha value is -1.57. The second kappa shape index (κ2) is 7.04. The monoisotopic (exact) mass is 422 g/mol. The molecule has 28 heavy (non-hydrogen) atoms. The number of fused-ring (bicyclic) bond motifs is 4. The van der Waals surface area contributed by atoms with Gasteiger partial charge in [-0.25, -0.2) is 0 Å². The number of anilines is 1. The number of thioether (sulfide) groups is 1. The lowest BCUT2D eigenvalue weighted by atomic mass is 9.76. The van der Waals surface area contributed by atoms with Gasteiger partial charge in [0.2, 0.25) is 17.4 Å². The first kappa shape index (κ1) is 19.7. The van der Waals surface area contributed by atoms with Crippen molar-refractivity contribution in [3.63, 3.8) is 0 Å². The predicted octanol–water partition coefficient (Wildman–Crippen LogP) is 1.59. The van der Waals surface area contributed by atoms with Crippen molar-refractivity contribution in [3.05, 3.63) is 28.8 Å². The highest BCUT2D eigenvalue weighted by Crippen LogP contribution is 2.50. The van der Waals surface area contributed by atoms with Crippen molar-refractivity contribution in [2.24, 2.45) is 11.8 Å². The number of hydrogen-bond donors (Lipinski definition) is 2. The number of carbonyl (C=O) groups is 3. The summed E-state index contributed by atoms with van der Waals surface area (Å²) in [5.74, 6) is -0.888. The molecule has 4 rings (SSSR count). The van der Waals surface area contributed by atoms with Crippen LogP contribution in [0.15, 0.2) is 18.2 Å². The van der Waals surface area contributed by atoms with Gasteiger partial charge in [0.25, 0.3) is 5.91 Å². The van der Waals surface area contributed by atoms with E-state index >= 15 is 0 Å². The number of nitrogens with one attached hydrogen (secondary N) is 1. The normalized spacial score (nSPS) is 32.1. The van der Waals surface area contributed by atoms with Gasteiger partial charge in [-0.05, 0) is 43.6 Å². The van der Waals surface area contributed by atoms with E-state index in [1.165, 1.54) is 4.90 Å². The van der Waals surface area contributed by atoms with Crippen LogP contribution in [0.1, 0.15) is 32.3 Å². The summed E-state index contributed by atoms with van der Waals surface area (Å²) in [7, 11) is 0. The largest absolute Gasteiger partial charge is 0.326 e. The van der Waals surface area contributed by atoms with E-state index in [1.54, 1.807) is 30.0 Å². The molecule has 3 N–H and O–H groups in total. The van der Waals surface area contributed by atoms with Crippen LogP contribution in [0.3, 0.4) is 0 Å². The summed E-state index contributed by atoms with van der Waals surface area (Å²) in [6.45, 7) is 3.85. The summed E-state index contributed by atoms with van der Waals surface area (Å²) >= 11 is 7.95. The third kappa shape index (κ3) is 2.56. The van der Waals surface area contributed by atoms with E-state index in [9.17, 15) is 14.4 Å². The van der Waals surface area contributed by atoms with E-state index in [0.29, 0.717) is 17.1 Å². The molecule has 0 radical (unpaired) electrons. The summed E-state index contributed by atoms with van der Waals surface area (Å²) in [6, 6.07) is 4.98. The molecule has 150 valence electrons. The Balaban J connectivity index is 1.86. The van der Waals surface area contributed by atoms with Crippen molar-refractivity contribution < 1.29 is 19.7 Å². The molecule has 0 aliphatic carbocycles. The number of nitrogens with two attached hydrogens (primary N) is 1. The Morgan fingerprint density at radius 1 is 1.32 bits per heavy atom. The maximum Gasteiger partial charge on any atom is 0.291 e. The number of carbonyl (C=O) groups excluding carboxylic acids is 3. The highest BCUT2D eigenvalue weighted by atomic mass is 35.5. The Morgan fingerprint density at radius 2 is 2.07 bits per heavy atom. The zero-order valence-electron chi connectivity index (χ0n) is 16.2. The molecule has 2 saturated heterocycles. The minimum atomic E-state index is -1.12. The first-order valence-corrected chi connectivity index (χ1v) is 11.5. The fourth-order valence-corrected chi connectivity index (χ4v) is 5.77. The van der Waals surface area contributed by atoms with Crippen LogP contribution in [0.4, 0.5) is 5.69 Å². The highest BCUT2D eigenvalue weighted by molar-refractivity contribution is 7.98. The summed E-state index contributed by atoms with van der Waals surface area (Å²) in [5.41, 5.74) is 0.277. The Labute approximate surface area is 173 Å². The molecule has 6 nitrogen and oxygen atoms in total. The fourth-order valence-electron chi connectivity index (χ4n) is 5.09. The van der Waals surface area contributed by atoms with Crippen molar-refractivity contribution in [2.45, 2.75) is 44.3 Å². The SMILES string of the molecule is CC[C@H](C)N1C(=O)[C@H]2[C@@H](C1=O)[C@@]1([NH2+][C@@H]2CCSC)C(=O)Nc2ccc(Cl)cc21. The average molecular weight is 423 g/mol. The number of rotatable bonds is 5. The molecule has 3 heterocycles. The zero-order chi connectivity index (χ0) is 20.2. The Bertz CT molecular complexity index is 863. The Morgan fingerprint density at radius 3 is 2.75 bits per heavy atom. The van der Waals surface area contributed by atoms with Gasteiger partial charge < -0.3 is 10.6 Å². The van der Waals surface area contributed by atoms with Crippen LogP contribution < -0.4 is 10.6 Å². The minimum absolute atomic E-state index is 0.112. The first-order chi connectivity index (χ1) is 13.4. The maximum atomic E-state index is 13.5. The van der Waals surface area contributed by atoms with Crippen molar-refractivity contribution >= 4 is 46.8 Å². The quantitative estimate of drug-likeness (QED) is 0.706. The molecule has 5 atom stereocenters. The topological polar surface area (TPSA) is 83.1 Å². The van der Waals surface area contributed by atoms with E-state index in [0.717, 1.165) is 17.7 Å². The van der Waals surface area contributed by atoms with E-state index in [2.05, 4.69) is 5.32 Å². The molecule has 0 aromatic heterocycles. The third-order valence-electron chi connectivity index (χ3n) is 6.55. The maximum absolute atomic E-state index is 13.5. The van der Waals surface area contributed by atoms with Gasteiger partial charge in [-0.3, -0.25) is 19.3 Å². The molecule has 8 heteroatoms. The fraction of sp³-hybridized carbons (Fsp3) is 0.550. The molecule has 3 aliphatic rings. The van der Waals surface area contributed by atoms with E-state index in [-0.39, 0.29) is 29.8 Å². The molecule has 2 fully saturated rings. The van der Waals surface area contributed by atoms with Gasteiger partial charge in [-0.2, -0.15) is 11.8 Å². The van der Waals surface area contributed by atoms with Crippen LogP contribution in [0.2, 0.25) is 5.02 Å². The van der Waals surface area contributed by atoms with Crippen molar-refractivity contribution in [2.75, 3.05) is 17.3 Å². The summed E-state index contributed by atoms with van der Waals surface area (Å²) in [6.07, 6.45) is 3.48. The van der Waals surface area contributed by atoms with Gasteiger partial charge in [0.05, 0.1) is 5.69 Å². The number of imide groups is 1. The second-order valence-electron chi connectivity index (χ2n) is 7.93. The molecular weight excluding hydrogens is 398 g/mol. The molecule has 0 saturated carbocycles. The predicted molar refractivity (Wildman–Crippen MR) is 109 cm³/mol. The molecular formula is C20H25ClN3O3S+. The van der Waals surface area contributed by atoms with Crippen LogP contribution in [0, 0.1) is 11.8 Å². The number of benzene rings is 1. The van der Waals surface area contributed by atoms with E-state index < -0.39 is 17.4 Å². The molecule has 1 aromatic rings. The summed E-state index contributed by atoms with van der Waals surface area (Å²) < 4.78 is 0.